The van der Waals surface area contributed by atoms with E-state index in [-0.39, 0.29) is 17.3 Å². The number of hydrogen-bond acceptors (Lipinski definition) is 5. The fourth-order valence-electron chi connectivity index (χ4n) is 1.65. The zero-order valence-corrected chi connectivity index (χ0v) is 12.1. The Balaban J connectivity index is 2.48. The van der Waals surface area contributed by atoms with Crippen LogP contribution in [0.2, 0.25) is 0 Å². The standard InChI is InChI=1S/C13H11BrN2O4/c1-8(17)9-4-3-7-15-13(9)20-12-10(14)5-2-6-11(12)16(18)19/h2-8,17H,1H3/t8-/m1/s1. The van der Waals surface area contributed by atoms with E-state index in [2.05, 4.69) is 20.9 Å². The second-order valence-electron chi connectivity index (χ2n) is 4.02. The largest absolute Gasteiger partial charge is 0.430 e. The number of hydrogen-bond donors (Lipinski definition) is 1. The van der Waals surface area contributed by atoms with E-state index in [4.69, 9.17) is 4.74 Å². The number of nitrogens with zero attached hydrogens (tertiary/aromatic N) is 2. The van der Waals surface area contributed by atoms with Crippen LogP contribution in [0, 0.1) is 10.1 Å². The normalized spacial score (nSPS) is 11.9. The molecule has 1 heterocycles. The van der Waals surface area contributed by atoms with Crippen molar-refractivity contribution in [1.29, 1.82) is 0 Å². The second-order valence-corrected chi connectivity index (χ2v) is 4.88. The van der Waals surface area contributed by atoms with Gasteiger partial charge in [-0.3, -0.25) is 10.1 Å². The highest BCUT2D eigenvalue weighted by molar-refractivity contribution is 9.10. The van der Waals surface area contributed by atoms with Crippen molar-refractivity contribution in [2.45, 2.75) is 13.0 Å². The van der Waals surface area contributed by atoms with E-state index in [1.165, 1.54) is 12.3 Å². The molecule has 6 nitrogen and oxygen atoms in total. The van der Waals surface area contributed by atoms with Crippen LogP contribution in [0.1, 0.15) is 18.6 Å². The van der Waals surface area contributed by atoms with Crippen molar-refractivity contribution in [2.75, 3.05) is 0 Å². The van der Waals surface area contributed by atoms with Crippen LogP contribution in [-0.4, -0.2) is 15.0 Å². The number of aliphatic hydroxyl groups excluding tert-OH is 1. The molecule has 0 spiro atoms. The third-order valence-electron chi connectivity index (χ3n) is 2.59. The lowest BCUT2D eigenvalue weighted by atomic mass is 10.2. The molecule has 1 N–H and O–H groups in total. The SMILES string of the molecule is C[C@@H](O)c1cccnc1Oc1c(Br)cccc1[N+](=O)[O-]. The Hall–Kier alpha value is -1.99. The van der Waals surface area contributed by atoms with Gasteiger partial charge in [0, 0.05) is 17.8 Å². The molecule has 1 atom stereocenters. The van der Waals surface area contributed by atoms with E-state index in [1.807, 2.05) is 0 Å². The van der Waals surface area contributed by atoms with Gasteiger partial charge >= 0.3 is 5.69 Å². The van der Waals surface area contributed by atoms with Gasteiger partial charge in [-0.15, -0.1) is 0 Å². The van der Waals surface area contributed by atoms with E-state index in [9.17, 15) is 15.2 Å². The highest BCUT2D eigenvalue weighted by Gasteiger charge is 2.21. The lowest BCUT2D eigenvalue weighted by molar-refractivity contribution is -0.385. The molecule has 1 aromatic carbocycles. The predicted molar refractivity (Wildman–Crippen MR) is 75.7 cm³/mol. The van der Waals surface area contributed by atoms with Gasteiger partial charge < -0.3 is 9.84 Å². The van der Waals surface area contributed by atoms with Crippen LogP contribution in [-0.2, 0) is 0 Å². The number of halogens is 1. The Morgan fingerprint density at radius 1 is 1.40 bits per heavy atom. The summed E-state index contributed by atoms with van der Waals surface area (Å²) in [7, 11) is 0. The molecular weight excluding hydrogens is 328 g/mol. The summed E-state index contributed by atoms with van der Waals surface area (Å²) in [5, 5.41) is 20.7. The third kappa shape index (κ3) is 2.94. The van der Waals surface area contributed by atoms with Gasteiger partial charge in [0.25, 0.3) is 0 Å². The number of aliphatic hydroxyl groups is 1. The molecule has 0 amide bonds. The summed E-state index contributed by atoms with van der Waals surface area (Å²) in [5.74, 6) is 0.190. The predicted octanol–water partition coefficient (Wildman–Crippen LogP) is 3.60. The highest BCUT2D eigenvalue weighted by atomic mass is 79.9. The van der Waals surface area contributed by atoms with Crippen LogP contribution < -0.4 is 4.74 Å². The summed E-state index contributed by atoms with van der Waals surface area (Å²) < 4.78 is 5.97. The third-order valence-corrected chi connectivity index (χ3v) is 3.22. The maximum Gasteiger partial charge on any atom is 0.312 e. The Kier molecular flexibility index (Phi) is 4.31. The molecule has 0 bridgehead atoms. The number of para-hydroxylation sites is 1. The Morgan fingerprint density at radius 3 is 2.80 bits per heavy atom. The summed E-state index contributed by atoms with van der Waals surface area (Å²) in [6.07, 6.45) is 0.699. The van der Waals surface area contributed by atoms with Crippen LogP contribution in [0.25, 0.3) is 0 Å². The molecule has 104 valence electrons. The van der Waals surface area contributed by atoms with Crippen molar-refractivity contribution in [3.8, 4) is 11.6 Å². The number of aromatic nitrogens is 1. The zero-order valence-electron chi connectivity index (χ0n) is 10.5. The van der Waals surface area contributed by atoms with Gasteiger partial charge in [-0.2, -0.15) is 0 Å². The van der Waals surface area contributed by atoms with Gasteiger partial charge in [0.2, 0.25) is 11.6 Å². The molecule has 0 aliphatic carbocycles. The van der Waals surface area contributed by atoms with E-state index in [0.717, 1.165) is 0 Å². The number of ether oxygens (including phenoxy) is 1. The van der Waals surface area contributed by atoms with Crippen LogP contribution in [0.5, 0.6) is 11.6 Å². The summed E-state index contributed by atoms with van der Waals surface area (Å²) >= 11 is 3.21. The Labute approximate surface area is 123 Å². The minimum atomic E-state index is -0.791. The van der Waals surface area contributed by atoms with Crippen molar-refractivity contribution < 1.29 is 14.8 Å². The van der Waals surface area contributed by atoms with Gasteiger partial charge in [0.15, 0.2) is 0 Å². The average Bonchev–Trinajstić information content (AvgIpc) is 2.41. The maximum absolute atomic E-state index is 11.0. The quantitative estimate of drug-likeness (QED) is 0.679. The number of nitro groups is 1. The lowest BCUT2D eigenvalue weighted by Gasteiger charge is -2.12. The Morgan fingerprint density at radius 2 is 2.15 bits per heavy atom. The van der Waals surface area contributed by atoms with Crippen molar-refractivity contribution in [3.63, 3.8) is 0 Å². The molecule has 20 heavy (non-hydrogen) atoms. The van der Waals surface area contributed by atoms with Crippen molar-refractivity contribution in [2.24, 2.45) is 0 Å². The minimum Gasteiger partial charge on any atom is -0.430 e. The molecule has 0 aliphatic heterocycles. The number of benzene rings is 1. The topological polar surface area (TPSA) is 85.5 Å². The number of nitro benzene ring substituents is 1. The van der Waals surface area contributed by atoms with E-state index < -0.39 is 11.0 Å². The van der Waals surface area contributed by atoms with Crippen molar-refractivity contribution in [3.05, 3.63) is 56.7 Å². The number of rotatable bonds is 4. The first kappa shape index (κ1) is 14.4. The second kappa shape index (κ2) is 5.98. The molecule has 1 aromatic heterocycles. The van der Waals surface area contributed by atoms with Crippen LogP contribution in [0.15, 0.2) is 41.0 Å². The first-order valence-corrected chi connectivity index (χ1v) is 6.53. The smallest absolute Gasteiger partial charge is 0.312 e. The van der Waals surface area contributed by atoms with Crippen LogP contribution in [0.4, 0.5) is 5.69 Å². The summed E-state index contributed by atoms with van der Waals surface area (Å²) in [5.41, 5.74) is 0.277. The van der Waals surface area contributed by atoms with Crippen LogP contribution in [0.3, 0.4) is 0 Å². The molecular formula is C13H11BrN2O4. The maximum atomic E-state index is 11.0. The van der Waals surface area contributed by atoms with Crippen molar-refractivity contribution in [1.82, 2.24) is 4.98 Å². The van der Waals surface area contributed by atoms with E-state index in [0.29, 0.717) is 10.0 Å². The average molecular weight is 339 g/mol. The van der Waals surface area contributed by atoms with Gasteiger partial charge in [-0.25, -0.2) is 4.98 Å². The molecule has 0 fully saturated rings. The van der Waals surface area contributed by atoms with Gasteiger partial charge in [-0.05, 0) is 41.1 Å². The fourth-order valence-corrected chi connectivity index (χ4v) is 2.08. The van der Waals surface area contributed by atoms with Gasteiger partial charge in [0.1, 0.15) is 0 Å². The van der Waals surface area contributed by atoms with Crippen LogP contribution >= 0.6 is 15.9 Å². The molecule has 7 heteroatoms. The highest BCUT2D eigenvalue weighted by Crippen LogP contribution is 2.38. The molecule has 2 rings (SSSR count). The summed E-state index contributed by atoms with van der Waals surface area (Å²) in [6, 6.07) is 7.82. The lowest BCUT2D eigenvalue weighted by Crippen LogP contribution is -2.00. The first-order chi connectivity index (χ1) is 9.50. The van der Waals surface area contributed by atoms with Gasteiger partial charge in [-0.1, -0.05) is 6.07 Å². The summed E-state index contributed by atoms with van der Waals surface area (Å²) in [4.78, 5) is 14.5. The zero-order chi connectivity index (χ0) is 14.7. The van der Waals surface area contributed by atoms with E-state index >= 15 is 0 Å². The fraction of sp³-hybridized carbons (Fsp3) is 0.154. The molecule has 2 aromatic rings. The van der Waals surface area contributed by atoms with Crippen molar-refractivity contribution >= 4 is 21.6 Å². The van der Waals surface area contributed by atoms with Gasteiger partial charge in [0.05, 0.1) is 15.5 Å². The molecule has 0 unspecified atom stereocenters. The Bertz CT molecular complexity index is 646. The monoisotopic (exact) mass is 338 g/mol. The molecule has 0 aliphatic rings. The molecule has 0 radical (unpaired) electrons. The molecule has 0 saturated heterocycles. The summed E-state index contributed by atoms with van der Waals surface area (Å²) in [6.45, 7) is 1.57. The first-order valence-electron chi connectivity index (χ1n) is 5.74. The minimum absolute atomic E-state index is 0.0538. The molecule has 0 saturated carbocycles. The number of pyridine rings is 1. The van der Waals surface area contributed by atoms with E-state index in [1.54, 1.807) is 31.2 Å².